The van der Waals surface area contributed by atoms with Crippen molar-refractivity contribution in [3.8, 4) is 0 Å². The molecule has 0 aromatic heterocycles. The fourth-order valence-electron chi connectivity index (χ4n) is 8.31. The lowest BCUT2D eigenvalue weighted by Gasteiger charge is -2.24. The van der Waals surface area contributed by atoms with Crippen molar-refractivity contribution in [3.63, 3.8) is 0 Å². The van der Waals surface area contributed by atoms with Gasteiger partial charge in [0, 0.05) is 6.42 Å². The Morgan fingerprint density at radius 2 is 0.814 bits per heavy atom. The molecule has 0 aliphatic rings. The highest BCUT2D eigenvalue weighted by atomic mass is 16.5. The molecule has 0 saturated carbocycles. The molecule has 0 aliphatic carbocycles. The van der Waals surface area contributed by atoms with E-state index in [4.69, 9.17) is 4.74 Å². The third kappa shape index (κ3) is 43.1. The summed E-state index contributed by atoms with van der Waals surface area (Å²) in [6, 6.07) is -0.694. The minimum absolute atomic E-state index is 0.0831. The van der Waals surface area contributed by atoms with Crippen molar-refractivity contribution >= 4 is 11.9 Å². The Morgan fingerprint density at radius 1 is 0.475 bits per heavy atom. The van der Waals surface area contributed by atoms with Crippen LogP contribution in [-0.2, 0) is 14.3 Å². The van der Waals surface area contributed by atoms with Gasteiger partial charge in [-0.3, -0.25) is 9.59 Å². The molecule has 0 rings (SSSR count). The summed E-state index contributed by atoms with van der Waals surface area (Å²) >= 11 is 0. The zero-order valence-corrected chi connectivity index (χ0v) is 39.9. The standard InChI is InChI=1S/C53H103NO5/c1-4-7-10-13-16-19-21-23-25-27-28-30-33-35-38-41-44-49(47-52(57)54-50(48-55)51(56)45-42-39-36-32-18-15-12-9-6-3)59-53(58)46-43-40-37-34-31-29-26-24-22-20-17-14-11-8-5-2/h20,22,49-51,55-56H,4-19,21,23-48H2,1-3H3,(H,54,57)/b22-20-. The number of esters is 1. The van der Waals surface area contributed by atoms with Crippen LogP contribution in [0.25, 0.3) is 0 Å². The summed E-state index contributed by atoms with van der Waals surface area (Å²) < 4.78 is 5.94. The quantitative estimate of drug-likeness (QED) is 0.0322. The average Bonchev–Trinajstić information content (AvgIpc) is 3.23. The molecule has 1 amide bonds. The van der Waals surface area contributed by atoms with Crippen LogP contribution in [0.1, 0.15) is 290 Å². The van der Waals surface area contributed by atoms with Crippen LogP contribution in [-0.4, -0.2) is 46.9 Å². The van der Waals surface area contributed by atoms with Crippen LogP contribution in [0.3, 0.4) is 0 Å². The van der Waals surface area contributed by atoms with Gasteiger partial charge in [0.15, 0.2) is 0 Å². The monoisotopic (exact) mass is 834 g/mol. The molecule has 3 unspecified atom stereocenters. The van der Waals surface area contributed by atoms with E-state index in [9.17, 15) is 19.8 Å². The number of hydrogen-bond acceptors (Lipinski definition) is 5. The SMILES string of the molecule is CCCCCC/C=C\CCCCCCCCCC(=O)OC(CCCCCCCCCCCCCCCCCC)CC(=O)NC(CO)C(O)CCCCCCCCCCC. The molecule has 3 atom stereocenters. The number of amides is 1. The third-order valence-electron chi connectivity index (χ3n) is 12.3. The summed E-state index contributed by atoms with van der Waals surface area (Å²) in [7, 11) is 0. The lowest BCUT2D eigenvalue weighted by molar-refractivity contribution is -0.151. The maximum absolute atomic E-state index is 13.2. The number of rotatable bonds is 48. The molecular weight excluding hydrogens is 731 g/mol. The number of ether oxygens (including phenoxy) is 1. The van der Waals surface area contributed by atoms with E-state index in [0.717, 1.165) is 44.9 Å². The average molecular weight is 834 g/mol. The molecule has 0 spiro atoms. The van der Waals surface area contributed by atoms with E-state index < -0.39 is 18.2 Å². The molecule has 3 N–H and O–H groups in total. The first-order valence-electron chi connectivity index (χ1n) is 26.4. The summed E-state index contributed by atoms with van der Waals surface area (Å²) in [6.45, 7) is 6.48. The highest BCUT2D eigenvalue weighted by Gasteiger charge is 2.24. The Morgan fingerprint density at radius 3 is 1.22 bits per heavy atom. The van der Waals surface area contributed by atoms with Crippen LogP contribution in [0, 0.1) is 0 Å². The molecule has 59 heavy (non-hydrogen) atoms. The molecule has 0 bridgehead atoms. The minimum Gasteiger partial charge on any atom is -0.462 e. The highest BCUT2D eigenvalue weighted by Crippen LogP contribution is 2.18. The van der Waals surface area contributed by atoms with Crippen LogP contribution in [0.5, 0.6) is 0 Å². The first kappa shape index (κ1) is 57.6. The summed E-state index contributed by atoms with van der Waals surface area (Å²) in [5.41, 5.74) is 0. The number of aliphatic hydroxyl groups excluding tert-OH is 2. The van der Waals surface area contributed by atoms with Crippen molar-refractivity contribution in [2.75, 3.05) is 6.61 Å². The minimum atomic E-state index is -0.781. The molecule has 6 nitrogen and oxygen atoms in total. The van der Waals surface area contributed by atoms with E-state index in [1.807, 2.05) is 0 Å². The van der Waals surface area contributed by atoms with Gasteiger partial charge in [-0.05, 0) is 51.4 Å². The van der Waals surface area contributed by atoms with Crippen molar-refractivity contribution in [1.82, 2.24) is 5.32 Å². The van der Waals surface area contributed by atoms with E-state index in [0.29, 0.717) is 19.3 Å². The van der Waals surface area contributed by atoms with Gasteiger partial charge in [-0.1, -0.05) is 238 Å². The molecular formula is C53H103NO5. The molecule has 350 valence electrons. The molecule has 0 radical (unpaired) electrons. The fraction of sp³-hybridized carbons (Fsp3) is 0.925. The molecule has 0 aromatic rings. The Hall–Kier alpha value is -1.40. The van der Waals surface area contributed by atoms with Gasteiger partial charge in [-0.2, -0.15) is 0 Å². The second-order valence-electron chi connectivity index (χ2n) is 18.3. The highest BCUT2D eigenvalue weighted by molar-refractivity contribution is 5.77. The van der Waals surface area contributed by atoms with Crippen LogP contribution < -0.4 is 5.32 Å². The number of unbranched alkanes of at least 4 members (excludes halogenated alkanes) is 34. The lowest BCUT2D eigenvalue weighted by atomic mass is 10.0. The fourth-order valence-corrected chi connectivity index (χ4v) is 8.31. The number of nitrogens with one attached hydrogen (secondary N) is 1. The van der Waals surface area contributed by atoms with Crippen molar-refractivity contribution in [2.45, 2.75) is 309 Å². The van der Waals surface area contributed by atoms with Gasteiger partial charge in [0.05, 0.1) is 25.2 Å². The van der Waals surface area contributed by atoms with Gasteiger partial charge in [-0.25, -0.2) is 0 Å². The Balaban J connectivity index is 4.52. The number of allylic oxidation sites excluding steroid dienone is 2. The topological polar surface area (TPSA) is 95.9 Å². The Kier molecular flexibility index (Phi) is 46.5. The third-order valence-corrected chi connectivity index (χ3v) is 12.3. The van der Waals surface area contributed by atoms with Crippen molar-refractivity contribution in [3.05, 3.63) is 12.2 Å². The van der Waals surface area contributed by atoms with Gasteiger partial charge in [-0.15, -0.1) is 0 Å². The first-order valence-corrected chi connectivity index (χ1v) is 26.4. The molecule has 0 saturated heterocycles. The molecule has 0 heterocycles. The number of carbonyl (C=O) groups excluding carboxylic acids is 2. The second kappa shape index (κ2) is 47.6. The number of hydrogen-bond donors (Lipinski definition) is 3. The molecule has 0 aromatic carbocycles. The Labute approximate surface area is 368 Å². The van der Waals surface area contributed by atoms with Crippen LogP contribution in [0.2, 0.25) is 0 Å². The molecule has 0 fully saturated rings. The molecule has 0 aliphatic heterocycles. The lowest BCUT2D eigenvalue weighted by Crippen LogP contribution is -2.46. The van der Waals surface area contributed by atoms with Gasteiger partial charge < -0.3 is 20.3 Å². The largest absolute Gasteiger partial charge is 0.462 e. The predicted octanol–water partition coefficient (Wildman–Crippen LogP) is 15.7. The van der Waals surface area contributed by atoms with Gasteiger partial charge in [0.25, 0.3) is 0 Å². The van der Waals surface area contributed by atoms with E-state index in [1.54, 1.807) is 0 Å². The van der Waals surface area contributed by atoms with Crippen LogP contribution in [0.4, 0.5) is 0 Å². The maximum atomic E-state index is 13.2. The normalized spacial score (nSPS) is 13.2. The molecule has 6 heteroatoms. The van der Waals surface area contributed by atoms with Crippen LogP contribution in [0.15, 0.2) is 12.2 Å². The van der Waals surface area contributed by atoms with Crippen molar-refractivity contribution in [1.29, 1.82) is 0 Å². The zero-order chi connectivity index (χ0) is 43.1. The van der Waals surface area contributed by atoms with E-state index in [1.165, 1.54) is 199 Å². The van der Waals surface area contributed by atoms with Crippen LogP contribution >= 0.6 is 0 Å². The summed E-state index contributed by atoms with van der Waals surface area (Å²) in [4.78, 5) is 26.1. The maximum Gasteiger partial charge on any atom is 0.306 e. The van der Waals surface area contributed by atoms with E-state index in [-0.39, 0.29) is 24.9 Å². The Bertz CT molecular complexity index is 893. The summed E-state index contributed by atoms with van der Waals surface area (Å²) in [6.07, 6.45) is 52.7. The van der Waals surface area contributed by atoms with Gasteiger partial charge in [0.1, 0.15) is 6.10 Å². The number of carbonyl (C=O) groups is 2. The van der Waals surface area contributed by atoms with E-state index in [2.05, 4.69) is 38.2 Å². The summed E-state index contributed by atoms with van der Waals surface area (Å²) in [5, 5.41) is 23.7. The van der Waals surface area contributed by atoms with Crippen molar-refractivity contribution in [2.24, 2.45) is 0 Å². The summed E-state index contributed by atoms with van der Waals surface area (Å²) in [5.74, 6) is -0.461. The van der Waals surface area contributed by atoms with Crippen molar-refractivity contribution < 1.29 is 24.5 Å². The first-order chi connectivity index (χ1) is 29.0. The smallest absolute Gasteiger partial charge is 0.306 e. The van der Waals surface area contributed by atoms with Gasteiger partial charge >= 0.3 is 5.97 Å². The number of aliphatic hydroxyl groups is 2. The van der Waals surface area contributed by atoms with Gasteiger partial charge in [0.2, 0.25) is 5.91 Å². The van der Waals surface area contributed by atoms with E-state index >= 15 is 0 Å². The zero-order valence-electron chi connectivity index (χ0n) is 39.9. The second-order valence-corrected chi connectivity index (χ2v) is 18.3. The predicted molar refractivity (Wildman–Crippen MR) is 255 cm³/mol.